The van der Waals surface area contributed by atoms with Crippen LogP contribution in [-0.2, 0) is 4.79 Å². The van der Waals surface area contributed by atoms with Crippen molar-refractivity contribution in [1.82, 2.24) is 14.6 Å². The van der Waals surface area contributed by atoms with Gasteiger partial charge in [0.2, 0.25) is 4.96 Å². The normalized spacial score (nSPS) is 15.7. The predicted octanol–water partition coefficient (Wildman–Crippen LogP) is 2.15. The number of fused-ring (bicyclic) bond motifs is 2. The number of methoxy groups -OCH3 is 1. The SMILES string of the molecule is COc1cccc(/C=c2\sc3nc([C@@H]4COc5ccccc5O4)nn3c2=O)c1OC(C)=O. The number of benzene rings is 2. The highest BCUT2D eigenvalue weighted by Crippen LogP contribution is 2.35. The Morgan fingerprint density at radius 1 is 1.22 bits per heavy atom. The summed E-state index contributed by atoms with van der Waals surface area (Å²) >= 11 is 1.17. The van der Waals surface area contributed by atoms with Crippen molar-refractivity contribution < 1.29 is 23.7 Å². The number of thiazole rings is 1. The summed E-state index contributed by atoms with van der Waals surface area (Å²) in [5, 5.41) is 4.34. The number of para-hydroxylation sites is 3. The van der Waals surface area contributed by atoms with Crippen LogP contribution in [0.4, 0.5) is 0 Å². The van der Waals surface area contributed by atoms with Crippen molar-refractivity contribution in [2.75, 3.05) is 13.7 Å². The summed E-state index contributed by atoms with van der Waals surface area (Å²) in [7, 11) is 1.48. The number of esters is 1. The van der Waals surface area contributed by atoms with E-state index in [4.69, 9.17) is 18.9 Å². The van der Waals surface area contributed by atoms with Gasteiger partial charge in [0.25, 0.3) is 5.56 Å². The summed E-state index contributed by atoms with van der Waals surface area (Å²) < 4.78 is 23.9. The fraction of sp³-hybridized carbons (Fsp3) is 0.182. The first-order valence-corrected chi connectivity index (χ1v) is 10.5. The van der Waals surface area contributed by atoms with Gasteiger partial charge in [-0.25, -0.2) is 0 Å². The van der Waals surface area contributed by atoms with E-state index in [1.807, 2.05) is 18.2 Å². The third kappa shape index (κ3) is 3.54. The Labute approximate surface area is 185 Å². The van der Waals surface area contributed by atoms with Crippen LogP contribution < -0.4 is 29.0 Å². The number of rotatable bonds is 4. The Morgan fingerprint density at radius 2 is 2.03 bits per heavy atom. The molecule has 4 aromatic rings. The average molecular weight is 451 g/mol. The van der Waals surface area contributed by atoms with Gasteiger partial charge in [0.05, 0.1) is 11.6 Å². The van der Waals surface area contributed by atoms with Crippen LogP contribution in [0.1, 0.15) is 24.4 Å². The number of carbonyl (C=O) groups is 1. The van der Waals surface area contributed by atoms with Gasteiger partial charge in [-0.2, -0.15) is 9.50 Å². The smallest absolute Gasteiger partial charge is 0.308 e. The van der Waals surface area contributed by atoms with Gasteiger partial charge in [-0.1, -0.05) is 35.6 Å². The fourth-order valence-electron chi connectivity index (χ4n) is 3.33. The van der Waals surface area contributed by atoms with Crippen LogP contribution in [0.2, 0.25) is 0 Å². The zero-order valence-corrected chi connectivity index (χ0v) is 17.9. The molecule has 2 aromatic heterocycles. The van der Waals surface area contributed by atoms with Crippen LogP contribution in [-0.4, -0.2) is 34.3 Å². The van der Waals surface area contributed by atoms with Crippen LogP contribution in [0.3, 0.4) is 0 Å². The number of hydrogen-bond acceptors (Lipinski definition) is 9. The second-order valence-corrected chi connectivity index (χ2v) is 7.93. The lowest BCUT2D eigenvalue weighted by Gasteiger charge is -2.24. The third-order valence-corrected chi connectivity index (χ3v) is 5.72. The second kappa shape index (κ2) is 7.97. The van der Waals surface area contributed by atoms with E-state index < -0.39 is 12.1 Å². The van der Waals surface area contributed by atoms with Gasteiger partial charge in [-0.05, 0) is 24.3 Å². The third-order valence-electron chi connectivity index (χ3n) is 4.76. The number of ether oxygens (including phenoxy) is 4. The molecule has 0 amide bonds. The number of nitrogens with zero attached hydrogens (tertiary/aromatic N) is 3. The number of aromatic nitrogens is 3. The first kappa shape index (κ1) is 20.0. The van der Waals surface area contributed by atoms with Crippen LogP contribution >= 0.6 is 11.3 Å². The van der Waals surface area contributed by atoms with Crippen LogP contribution in [0, 0.1) is 0 Å². The number of hydrogen-bond donors (Lipinski definition) is 0. The summed E-state index contributed by atoms with van der Waals surface area (Å²) in [5.74, 6) is 1.78. The van der Waals surface area contributed by atoms with Crippen molar-refractivity contribution >= 4 is 28.3 Å². The zero-order chi connectivity index (χ0) is 22.2. The minimum Gasteiger partial charge on any atom is -0.493 e. The highest BCUT2D eigenvalue weighted by atomic mass is 32.1. The van der Waals surface area contributed by atoms with E-state index in [1.165, 1.54) is 29.9 Å². The minimum absolute atomic E-state index is 0.244. The lowest BCUT2D eigenvalue weighted by Crippen LogP contribution is -2.26. The van der Waals surface area contributed by atoms with E-state index in [9.17, 15) is 9.59 Å². The van der Waals surface area contributed by atoms with Crippen molar-refractivity contribution in [3.05, 3.63) is 68.7 Å². The molecule has 1 aliphatic heterocycles. The molecule has 0 aliphatic carbocycles. The molecule has 1 atom stereocenters. The molecular weight excluding hydrogens is 434 g/mol. The van der Waals surface area contributed by atoms with Crippen LogP contribution in [0.15, 0.2) is 47.3 Å². The van der Waals surface area contributed by atoms with Gasteiger partial charge in [0.1, 0.15) is 6.61 Å². The largest absolute Gasteiger partial charge is 0.493 e. The Hall–Kier alpha value is -3.92. The fourth-order valence-corrected chi connectivity index (χ4v) is 4.24. The summed E-state index contributed by atoms with van der Waals surface area (Å²) in [4.78, 5) is 29.4. The van der Waals surface area contributed by atoms with Gasteiger partial charge in [0, 0.05) is 12.5 Å². The van der Waals surface area contributed by atoms with Crippen molar-refractivity contribution in [3.8, 4) is 23.0 Å². The van der Waals surface area contributed by atoms with Crippen LogP contribution in [0.5, 0.6) is 23.0 Å². The van der Waals surface area contributed by atoms with E-state index in [-0.39, 0.29) is 17.9 Å². The Kier molecular flexibility index (Phi) is 4.98. The standard InChI is InChI=1S/C22H17N3O6S/c1-12(26)30-19-13(6-5-9-16(19)28-2)10-18-21(27)25-22(32-18)23-20(24-25)17-11-29-14-7-3-4-8-15(14)31-17/h3-10,17H,11H2,1-2H3/b18-10-/t17-/m0/s1. The molecule has 0 unspecified atom stereocenters. The Balaban J connectivity index is 1.51. The van der Waals surface area contributed by atoms with E-state index in [2.05, 4.69) is 10.1 Å². The van der Waals surface area contributed by atoms with Crippen molar-refractivity contribution in [2.24, 2.45) is 0 Å². The van der Waals surface area contributed by atoms with Gasteiger partial charge in [-0.3, -0.25) is 9.59 Å². The minimum atomic E-state index is -0.516. The van der Waals surface area contributed by atoms with Gasteiger partial charge >= 0.3 is 5.97 Å². The molecule has 9 nitrogen and oxygen atoms in total. The molecule has 0 saturated heterocycles. The Morgan fingerprint density at radius 3 is 2.78 bits per heavy atom. The maximum absolute atomic E-state index is 12.9. The first-order chi connectivity index (χ1) is 15.5. The summed E-state index contributed by atoms with van der Waals surface area (Å²) in [6, 6.07) is 12.5. The maximum Gasteiger partial charge on any atom is 0.308 e. The van der Waals surface area contributed by atoms with Crippen LogP contribution in [0.25, 0.3) is 11.0 Å². The predicted molar refractivity (Wildman–Crippen MR) is 116 cm³/mol. The molecule has 32 heavy (non-hydrogen) atoms. The zero-order valence-electron chi connectivity index (χ0n) is 17.1. The topological polar surface area (TPSA) is 101 Å². The average Bonchev–Trinajstić information content (AvgIpc) is 3.33. The lowest BCUT2D eigenvalue weighted by atomic mass is 10.2. The van der Waals surface area contributed by atoms with E-state index in [0.29, 0.717) is 38.1 Å². The van der Waals surface area contributed by atoms with Gasteiger partial charge in [-0.15, -0.1) is 5.10 Å². The molecule has 0 fully saturated rings. The molecule has 0 radical (unpaired) electrons. The molecule has 3 heterocycles. The molecule has 5 rings (SSSR count). The summed E-state index contributed by atoms with van der Waals surface area (Å²) in [6.07, 6.45) is 1.11. The van der Waals surface area contributed by atoms with Crippen molar-refractivity contribution in [3.63, 3.8) is 0 Å². The van der Waals surface area contributed by atoms with Crippen molar-refractivity contribution in [1.29, 1.82) is 0 Å². The molecule has 0 saturated carbocycles. The monoisotopic (exact) mass is 451 g/mol. The van der Waals surface area contributed by atoms with Crippen molar-refractivity contribution in [2.45, 2.75) is 13.0 Å². The number of carbonyl (C=O) groups excluding carboxylic acids is 1. The molecule has 2 aromatic carbocycles. The first-order valence-electron chi connectivity index (χ1n) is 9.68. The highest BCUT2D eigenvalue weighted by molar-refractivity contribution is 7.15. The summed E-state index contributed by atoms with van der Waals surface area (Å²) in [6.45, 7) is 1.55. The van der Waals surface area contributed by atoms with Gasteiger partial charge in [0.15, 0.2) is 34.9 Å². The Bertz CT molecular complexity index is 1440. The van der Waals surface area contributed by atoms with E-state index >= 15 is 0 Å². The lowest BCUT2D eigenvalue weighted by molar-refractivity contribution is -0.132. The molecule has 0 spiro atoms. The molecule has 1 aliphatic rings. The van der Waals surface area contributed by atoms with E-state index in [0.717, 1.165) is 0 Å². The molecule has 162 valence electrons. The van der Waals surface area contributed by atoms with E-state index in [1.54, 1.807) is 30.3 Å². The molecular formula is C22H17N3O6S. The summed E-state index contributed by atoms with van der Waals surface area (Å²) in [5.41, 5.74) is 0.194. The van der Waals surface area contributed by atoms with Gasteiger partial charge < -0.3 is 18.9 Å². The maximum atomic E-state index is 12.9. The molecule has 0 N–H and O–H groups in total. The second-order valence-electron chi connectivity index (χ2n) is 6.92. The highest BCUT2D eigenvalue weighted by Gasteiger charge is 2.27. The quantitative estimate of drug-likeness (QED) is 0.344. The molecule has 0 bridgehead atoms. The molecule has 10 heteroatoms.